The minimum atomic E-state index is -0.952. The topological polar surface area (TPSA) is 70.1 Å². The van der Waals surface area contributed by atoms with Crippen molar-refractivity contribution in [3.63, 3.8) is 0 Å². The van der Waals surface area contributed by atoms with Crippen molar-refractivity contribution < 1.29 is 19.5 Å². The van der Waals surface area contributed by atoms with Crippen LogP contribution in [0, 0.1) is 12.8 Å². The number of imide groups is 1. The first kappa shape index (κ1) is 19.6. The van der Waals surface area contributed by atoms with Gasteiger partial charge in [-0.2, -0.15) is 0 Å². The van der Waals surface area contributed by atoms with Gasteiger partial charge in [-0.3, -0.25) is 14.4 Å². The van der Waals surface area contributed by atoms with Gasteiger partial charge in [-0.1, -0.05) is 48.0 Å². The lowest BCUT2D eigenvalue weighted by atomic mass is 9.90. The third kappa shape index (κ3) is 3.15. The van der Waals surface area contributed by atoms with Crippen LogP contribution in [0.3, 0.4) is 0 Å². The summed E-state index contributed by atoms with van der Waals surface area (Å²) in [5, 5.41) is 11.8. The molecule has 3 aromatic carbocycles. The average molecular weight is 435 g/mol. The molecule has 0 aliphatic carbocycles. The van der Waals surface area contributed by atoms with Crippen LogP contribution in [-0.4, -0.2) is 23.0 Å². The molecule has 0 spiro atoms. The number of aryl methyl sites for hydroxylation is 1. The lowest BCUT2D eigenvalue weighted by molar-refractivity contribution is -0.126. The molecule has 7 heteroatoms. The van der Waals surface area contributed by atoms with Crippen molar-refractivity contribution >= 4 is 34.8 Å². The van der Waals surface area contributed by atoms with E-state index in [4.69, 9.17) is 16.4 Å². The summed E-state index contributed by atoms with van der Waals surface area (Å²) < 4.78 is 0. The summed E-state index contributed by atoms with van der Waals surface area (Å²) in [6.07, 6.45) is -0.952. The number of rotatable bonds is 3. The Kier molecular flexibility index (Phi) is 4.68. The Labute approximate surface area is 184 Å². The van der Waals surface area contributed by atoms with Crippen molar-refractivity contribution in [1.82, 2.24) is 0 Å². The van der Waals surface area contributed by atoms with Gasteiger partial charge < -0.3 is 5.11 Å². The molecule has 31 heavy (non-hydrogen) atoms. The number of carbonyl (C=O) groups excluding carboxylic acids is 2. The van der Waals surface area contributed by atoms with Crippen molar-refractivity contribution in [3.05, 3.63) is 88.9 Å². The Morgan fingerprint density at radius 1 is 0.903 bits per heavy atom. The number of phenolic OH excluding ortho intramolecular Hbond substituents is 1. The molecule has 0 unspecified atom stereocenters. The largest absolute Gasteiger partial charge is 0.508 e. The van der Waals surface area contributed by atoms with Gasteiger partial charge >= 0.3 is 0 Å². The van der Waals surface area contributed by atoms with Crippen molar-refractivity contribution in [3.8, 4) is 5.75 Å². The smallest absolute Gasteiger partial charge is 0.266 e. The van der Waals surface area contributed by atoms with E-state index in [0.29, 0.717) is 10.7 Å². The third-order valence-electron chi connectivity index (χ3n) is 5.77. The van der Waals surface area contributed by atoms with Crippen molar-refractivity contribution in [1.29, 1.82) is 0 Å². The zero-order valence-corrected chi connectivity index (χ0v) is 17.4. The van der Waals surface area contributed by atoms with E-state index in [1.165, 1.54) is 0 Å². The molecule has 156 valence electrons. The van der Waals surface area contributed by atoms with Gasteiger partial charge in [0.05, 0.1) is 17.4 Å². The molecule has 2 heterocycles. The van der Waals surface area contributed by atoms with Crippen LogP contribution in [0.15, 0.2) is 72.8 Å². The summed E-state index contributed by atoms with van der Waals surface area (Å²) in [5.74, 6) is -1.38. The number of phenols is 1. The molecule has 6 nitrogen and oxygen atoms in total. The number of anilines is 2. The summed E-state index contributed by atoms with van der Waals surface area (Å²) in [6, 6.07) is 20.5. The van der Waals surface area contributed by atoms with E-state index < -0.39 is 24.0 Å². The highest BCUT2D eigenvalue weighted by atomic mass is 35.5. The Balaban J connectivity index is 1.58. The van der Waals surface area contributed by atoms with Crippen LogP contribution in [0.4, 0.5) is 11.4 Å². The van der Waals surface area contributed by atoms with Gasteiger partial charge in [0, 0.05) is 5.02 Å². The van der Waals surface area contributed by atoms with Crippen LogP contribution in [0.25, 0.3) is 0 Å². The van der Waals surface area contributed by atoms with Crippen LogP contribution < -0.4 is 9.96 Å². The van der Waals surface area contributed by atoms with E-state index in [0.717, 1.165) is 21.7 Å². The molecule has 0 radical (unpaired) electrons. The molecule has 0 saturated carbocycles. The average Bonchev–Trinajstić information content (AvgIpc) is 3.28. The van der Waals surface area contributed by atoms with Crippen molar-refractivity contribution in [2.45, 2.75) is 19.1 Å². The number of hydrogen-bond donors (Lipinski definition) is 1. The molecule has 2 fully saturated rings. The predicted octanol–water partition coefficient (Wildman–Crippen LogP) is 4.41. The number of benzene rings is 3. The standard InChI is InChI=1S/C24H19ClN2O4/c1-14-7-10-17(13-19(14)25)26-23(29)20-21(15-8-11-18(28)12-9-15)27(31-22(20)24(26)30)16-5-3-2-4-6-16/h2-13,20-22,28H,1H3/t20-,21-,22+/m1/s1. The van der Waals surface area contributed by atoms with Crippen LogP contribution >= 0.6 is 11.6 Å². The van der Waals surface area contributed by atoms with Gasteiger partial charge in [-0.25, -0.2) is 9.96 Å². The SMILES string of the molecule is Cc1ccc(N2C(=O)[C@H]3[C@H](ON(c4ccccc4)[C@@H]3c3ccc(O)cc3)C2=O)cc1Cl. The quantitative estimate of drug-likeness (QED) is 0.618. The van der Waals surface area contributed by atoms with E-state index in [9.17, 15) is 14.7 Å². The fraction of sp³-hybridized carbons (Fsp3) is 0.167. The van der Waals surface area contributed by atoms with E-state index >= 15 is 0 Å². The molecule has 0 bridgehead atoms. The lowest BCUT2D eigenvalue weighted by Crippen LogP contribution is -2.37. The number of aromatic hydroxyl groups is 1. The highest BCUT2D eigenvalue weighted by molar-refractivity contribution is 6.32. The Morgan fingerprint density at radius 2 is 1.61 bits per heavy atom. The van der Waals surface area contributed by atoms with Crippen LogP contribution in [0.5, 0.6) is 5.75 Å². The number of hydroxylamine groups is 1. The van der Waals surface area contributed by atoms with Gasteiger partial charge in [0.1, 0.15) is 11.7 Å². The first-order chi connectivity index (χ1) is 15.0. The monoisotopic (exact) mass is 434 g/mol. The van der Waals surface area contributed by atoms with Gasteiger partial charge in [0.2, 0.25) is 5.91 Å². The van der Waals surface area contributed by atoms with E-state index in [2.05, 4.69) is 0 Å². The minimum absolute atomic E-state index is 0.121. The lowest BCUT2D eigenvalue weighted by Gasteiger charge is -2.28. The number of nitrogens with zero attached hydrogens (tertiary/aromatic N) is 2. The molecular weight excluding hydrogens is 416 g/mol. The molecule has 2 amide bonds. The maximum Gasteiger partial charge on any atom is 0.266 e. The normalized spacial score (nSPS) is 22.8. The fourth-order valence-corrected chi connectivity index (χ4v) is 4.37. The summed E-state index contributed by atoms with van der Waals surface area (Å²) in [4.78, 5) is 34.0. The van der Waals surface area contributed by atoms with Crippen molar-refractivity contribution in [2.24, 2.45) is 5.92 Å². The van der Waals surface area contributed by atoms with Crippen LogP contribution in [0.1, 0.15) is 17.2 Å². The molecule has 2 saturated heterocycles. The van der Waals surface area contributed by atoms with E-state index in [1.807, 2.05) is 37.3 Å². The maximum atomic E-state index is 13.5. The Bertz CT molecular complexity index is 1170. The third-order valence-corrected chi connectivity index (χ3v) is 6.18. The van der Waals surface area contributed by atoms with Crippen LogP contribution in [0.2, 0.25) is 5.02 Å². The predicted molar refractivity (Wildman–Crippen MR) is 117 cm³/mol. The first-order valence-electron chi connectivity index (χ1n) is 9.89. The number of halogens is 1. The number of para-hydroxylation sites is 1. The van der Waals surface area contributed by atoms with Gasteiger partial charge in [-0.15, -0.1) is 0 Å². The molecule has 5 rings (SSSR count). The van der Waals surface area contributed by atoms with Gasteiger partial charge in [0.15, 0.2) is 6.10 Å². The van der Waals surface area contributed by atoms with Gasteiger partial charge in [0.25, 0.3) is 5.91 Å². The minimum Gasteiger partial charge on any atom is -0.508 e. The highest BCUT2D eigenvalue weighted by Gasteiger charge is 2.60. The Hall–Kier alpha value is -3.35. The van der Waals surface area contributed by atoms with Crippen LogP contribution in [-0.2, 0) is 14.4 Å². The van der Waals surface area contributed by atoms with E-state index in [1.54, 1.807) is 47.5 Å². The zero-order chi connectivity index (χ0) is 21.7. The fourth-order valence-electron chi connectivity index (χ4n) is 4.20. The summed E-state index contributed by atoms with van der Waals surface area (Å²) in [5.41, 5.74) is 2.79. The second kappa shape index (κ2) is 7.41. The first-order valence-corrected chi connectivity index (χ1v) is 10.3. The second-order valence-electron chi connectivity index (χ2n) is 7.69. The van der Waals surface area contributed by atoms with E-state index in [-0.39, 0.29) is 11.7 Å². The molecule has 2 aliphatic heterocycles. The molecule has 1 N–H and O–H groups in total. The number of hydrogen-bond acceptors (Lipinski definition) is 5. The Morgan fingerprint density at radius 3 is 2.29 bits per heavy atom. The number of amides is 2. The molecule has 3 aromatic rings. The summed E-state index contributed by atoms with van der Waals surface area (Å²) in [7, 11) is 0. The maximum absolute atomic E-state index is 13.5. The van der Waals surface area contributed by atoms with Crippen molar-refractivity contribution in [2.75, 3.05) is 9.96 Å². The highest BCUT2D eigenvalue weighted by Crippen LogP contribution is 2.47. The molecule has 3 atom stereocenters. The summed E-state index contributed by atoms with van der Waals surface area (Å²) in [6.45, 7) is 1.86. The van der Waals surface area contributed by atoms with Gasteiger partial charge in [-0.05, 0) is 54.4 Å². The molecule has 2 aliphatic rings. The molecule has 0 aromatic heterocycles. The second-order valence-corrected chi connectivity index (χ2v) is 8.10. The molecular formula is C24H19ClN2O4. The number of fused-ring (bicyclic) bond motifs is 1. The number of carbonyl (C=O) groups is 2. The summed E-state index contributed by atoms with van der Waals surface area (Å²) >= 11 is 6.24. The zero-order valence-electron chi connectivity index (χ0n) is 16.6.